The van der Waals surface area contributed by atoms with Gasteiger partial charge in [0.2, 0.25) is 5.82 Å². The Hall–Kier alpha value is -2.54. The normalized spacial score (nSPS) is 25.1. The maximum Gasteiger partial charge on any atom is 0.314 e. The van der Waals surface area contributed by atoms with Crippen molar-refractivity contribution in [1.82, 2.24) is 0 Å². The summed E-state index contributed by atoms with van der Waals surface area (Å²) in [5, 5.41) is 0. The Labute approximate surface area is 198 Å². The van der Waals surface area contributed by atoms with Crippen molar-refractivity contribution in [1.29, 1.82) is 0 Å². The fourth-order valence-electron chi connectivity index (χ4n) is 5.34. The lowest BCUT2D eigenvalue weighted by Crippen LogP contribution is -2.25. The van der Waals surface area contributed by atoms with E-state index in [-0.39, 0.29) is 29.4 Å². The number of carbonyl (C=O) groups is 1. The van der Waals surface area contributed by atoms with E-state index in [0.717, 1.165) is 31.2 Å². The number of benzene rings is 2. The van der Waals surface area contributed by atoms with Crippen LogP contribution in [0.4, 0.5) is 13.2 Å². The molecule has 0 aromatic heterocycles. The molecule has 2 aliphatic rings. The molecule has 184 valence electrons. The number of ether oxygens (including phenoxy) is 3. The van der Waals surface area contributed by atoms with Gasteiger partial charge in [-0.3, -0.25) is 4.79 Å². The first-order valence-electron chi connectivity index (χ1n) is 12.0. The third-order valence-corrected chi connectivity index (χ3v) is 7.44. The molecule has 2 fully saturated rings. The topological polar surface area (TPSA) is 44.8 Å². The van der Waals surface area contributed by atoms with Gasteiger partial charge in [0.1, 0.15) is 0 Å². The summed E-state index contributed by atoms with van der Waals surface area (Å²) in [5.74, 6) is -3.50. The summed E-state index contributed by atoms with van der Waals surface area (Å²) in [6.45, 7) is 0. The SMILES string of the molecule is COc1ccc(C2CCC(C(=O)Oc3ccc(C4CCC(OC)CC4)c(F)c3F)CC2)cc1F. The minimum atomic E-state index is -1.11. The minimum absolute atomic E-state index is 0.0660. The molecule has 4 nitrogen and oxygen atoms in total. The molecule has 4 rings (SSSR count). The molecule has 0 radical (unpaired) electrons. The Morgan fingerprint density at radius 1 is 0.794 bits per heavy atom. The number of hydrogen-bond donors (Lipinski definition) is 0. The molecule has 7 heteroatoms. The molecule has 0 amide bonds. The fraction of sp³-hybridized carbons (Fsp3) is 0.519. The van der Waals surface area contributed by atoms with E-state index in [1.807, 2.05) is 6.07 Å². The highest BCUT2D eigenvalue weighted by molar-refractivity contribution is 5.75. The molecule has 0 spiro atoms. The van der Waals surface area contributed by atoms with Crippen molar-refractivity contribution >= 4 is 5.97 Å². The van der Waals surface area contributed by atoms with Gasteiger partial charge in [0.25, 0.3) is 0 Å². The quantitative estimate of drug-likeness (QED) is 0.345. The average Bonchev–Trinajstić information content (AvgIpc) is 2.87. The number of carbonyl (C=O) groups excluding carboxylic acids is 1. The zero-order chi connectivity index (χ0) is 24.2. The molecule has 0 unspecified atom stereocenters. The second-order valence-electron chi connectivity index (χ2n) is 9.35. The maximum atomic E-state index is 14.8. The van der Waals surface area contributed by atoms with Crippen LogP contribution in [0.15, 0.2) is 30.3 Å². The summed E-state index contributed by atoms with van der Waals surface area (Å²) < 4.78 is 59.2. The number of rotatable bonds is 6. The van der Waals surface area contributed by atoms with Crippen LogP contribution >= 0.6 is 0 Å². The van der Waals surface area contributed by atoms with Crippen molar-refractivity contribution in [3.8, 4) is 11.5 Å². The summed E-state index contributed by atoms with van der Waals surface area (Å²) >= 11 is 0. The van der Waals surface area contributed by atoms with Gasteiger partial charge in [-0.15, -0.1) is 0 Å². The summed E-state index contributed by atoms with van der Waals surface area (Å²) in [6, 6.07) is 7.82. The van der Waals surface area contributed by atoms with Gasteiger partial charge in [-0.2, -0.15) is 4.39 Å². The number of hydrogen-bond acceptors (Lipinski definition) is 4. The second-order valence-corrected chi connectivity index (χ2v) is 9.35. The van der Waals surface area contributed by atoms with Crippen molar-refractivity contribution in [3.05, 3.63) is 58.9 Å². The highest BCUT2D eigenvalue weighted by Gasteiger charge is 2.31. The zero-order valence-corrected chi connectivity index (χ0v) is 19.6. The molecular weight excluding hydrogens is 445 g/mol. The van der Waals surface area contributed by atoms with Gasteiger partial charge in [0.05, 0.1) is 19.1 Å². The summed E-state index contributed by atoms with van der Waals surface area (Å²) in [6.07, 6.45) is 5.71. The molecule has 0 saturated heterocycles. The van der Waals surface area contributed by atoms with Crippen LogP contribution in [0.5, 0.6) is 11.5 Å². The van der Waals surface area contributed by atoms with Crippen LogP contribution < -0.4 is 9.47 Å². The van der Waals surface area contributed by atoms with Crippen molar-refractivity contribution in [3.63, 3.8) is 0 Å². The van der Waals surface area contributed by atoms with Crippen molar-refractivity contribution < 1.29 is 32.2 Å². The Bertz CT molecular complexity index is 1010. The molecule has 0 N–H and O–H groups in total. The van der Waals surface area contributed by atoms with E-state index >= 15 is 0 Å². The molecule has 0 aliphatic heterocycles. The van der Waals surface area contributed by atoms with Crippen LogP contribution in [-0.2, 0) is 9.53 Å². The summed E-state index contributed by atoms with van der Waals surface area (Å²) in [4.78, 5) is 12.7. The monoisotopic (exact) mass is 476 g/mol. The predicted molar refractivity (Wildman–Crippen MR) is 122 cm³/mol. The van der Waals surface area contributed by atoms with Crippen LogP contribution in [0.25, 0.3) is 0 Å². The van der Waals surface area contributed by atoms with Gasteiger partial charge in [-0.25, -0.2) is 8.78 Å². The van der Waals surface area contributed by atoms with Crippen LogP contribution in [0.3, 0.4) is 0 Å². The molecule has 2 saturated carbocycles. The standard InChI is InChI=1S/C27H31F3O4/c1-32-20-10-7-17(8-11-20)21-12-14-24(26(30)25(21)29)34-27(31)18-5-3-16(4-6-18)19-9-13-23(33-2)22(28)15-19/h9,12-18,20H,3-8,10-11H2,1-2H3. The molecule has 0 atom stereocenters. The van der Waals surface area contributed by atoms with E-state index in [1.54, 1.807) is 13.2 Å². The van der Waals surface area contributed by atoms with E-state index in [4.69, 9.17) is 14.2 Å². The fourth-order valence-corrected chi connectivity index (χ4v) is 5.34. The molecule has 34 heavy (non-hydrogen) atoms. The van der Waals surface area contributed by atoms with Gasteiger partial charge in [0, 0.05) is 7.11 Å². The predicted octanol–water partition coefficient (Wildman–Crippen LogP) is 6.66. The van der Waals surface area contributed by atoms with Crippen molar-refractivity contribution in [2.75, 3.05) is 14.2 Å². The van der Waals surface area contributed by atoms with Crippen LogP contribution in [0.2, 0.25) is 0 Å². The van der Waals surface area contributed by atoms with E-state index in [9.17, 15) is 18.0 Å². The largest absolute Gasteiger partial charge is 0.494 e. The van der Waals surface area contributed by atoms with Gasteiger partial charge in [-0.1, -0.05) is 12.1 Å². The third kappa shape index (κ3) is 5.24. The van der Waals surface area contributed by atoms with Gasteiger partial charge in [-0.05, 0) is 92.5 Å². The lowest BCUT2D eigenvalue weighted by molar-refractivity contribution is -0.140. The highest BCUT2D eigenvalue weighted by Crippen LogP contribution is 2.39. The van der Waals surface area contributed by atoms with Gasteiger partial charge in [0.15, 0.2) is 23.1 Å². The Balaban J connectivity index is 1.35. The number of halogens is 3. The summed E-state index contributed by atoms with van der Waals surface area (Å²) in [5.41, 5.74) is 1.20. The number of esters is 1. The van der Waals surface area contributed by atoms with Crippen LogP contribution in [0.1, 0.15) is 74.3 Å². The Kier molecular flexibility index (Phi) is 7.81. The molecular formula is C27H31F3O4. The molecule has 2 aliphatic carbocycles. The first kappa shape index (κ1) is 24.6. The lowest BCUT2D eigenvalue weighted by atomic mass is 9.78. The molecule has 0 bridgehead atoms. The molecule has 2 aromatic carbocycles. The minimum Gasteiger partial charge on any atom is -0.494 e. The highest BCUT2D eigenvalue weighted by atomic mass is 19.2. The third-order valence-electron chi connectivity index (χ3n) is 7.44. The van der Waals surface area contributed by atoms with E-state index in [2.05, 4.69) is 0 Å². The lowest BCUT2D eigenvalue weighted by Gasteiger charge is -2.28. The number of methoxy groups -OCH3 is 2. The Morgan fingerprint density at radius 2 is 1.44 bits per heavy atom. The van der Waals surface area contributed by atoms with Crippen LogP contribution in [0, 0.1) is 23.4 Å². The molecule has 2 aromatic rings. The maximum absolute atomic E-state index is 14.8. The summed E-state index contributed by atoms with van der Waals surface area (Å²) in [7, 11) is 3.09. The zero-order valence-electron chi connectivity index (χ0n) is 19.6. The first-order valence-corrected chi connectivity index (χ1v) is 12.0. The van der Waals surface area contributed by atoms with E-state index < -0.39 is 29.3 Å². The average molecular weight is 477 g/mol. The van der Waals surface area contributed by atoms with E-state index in [1.165, 1.54) is 25.3 Å². The van der Waals surface area contributed by atoms with E-state index in [0.29, 0.717) is 31.2 Å². The first-order chi connectivity index (χ1) is 16.4. The molecule has 0 heterocycles. The van der Waals surface area contributed by atoms with Crippen molar-refractivity contribution in [2.24, 2.45) is 5.92 Å². The smallest absolute Gasteiger partial charge is 0.314 e. The van der Waals surface area contributed by atoms with Gasteiger partial charge < -0.3 is 14.2 Å². The van der Waals surface area contributed by atoms with Crippen molar-refractivity contribution in [2.45, 2.75) is 69.3 Å². The second kappa shape index (κ2) is 10.8. The van der Waals surface area contributed by atoms with Gasteiger partial charge >= 0.3 is 5.97 Å². The van der Waals surface area contributed by atoms with Crippen LogP contribution in [-0.4, -0.2) is 26.3 Å². The Morgan fingerprint density at radius 3 is 2.06 bits per heavy atom.